The standard InChI is InChI=1S/C25H20N2O/c1-26-23-13-7-6-12-21(23)22(25(26)28)15-19-17-27(16-18-9-3-2-4-10-18)24-14-8-5-11-20(19)24/h2-15,17H,16H2,1H3/b22-15-. The zero-order valence-electron chi connectivity index (χ0n) is 15.7. The van der Waals surface area contributed by atoms with E-state index in [0.29, 0.717) is 0 Å². The quantitative estimate of drug-likeness (QED) is 0.458. The van der Waals surface area contributed by atoms with Gasteiger partial charge >= 0.3 is 0 Å². The molecule has 3 aromatic carbocycles. The molecule has 3 heteroatoms. The van der Waals surface area contributed by atoms with Crippen LogP contribution < -0.4 is 4.90 Å². The topological polar surface area (TPSA) is 25.2 Å². The second-order valence-electron chi connectivity index (χ2n) is 7.15. The van der Waals surface area contributed by atoms with Gasteiger partial charge in [-0.3, -0.25) is 4.79 Å². The molecule has 2 heterocycles. The number of carbonyl (C=O) groups is 1. The van der Waals surface area contributed by atoms with Gasteiger partial charge in [-0.1, -0.05) is 66.7 Å². The Morgan fingerprint density at radius 3 is 2.43 bits per heavy atom. The van der Waals surface area contributed by atoms with Crippen LogP contribution in [0.3, 0.4) is 0 Å². The van der Waals surface area contributed by atoms with Crippen LogP contribution in [0.25, 0.3) is 22.6 Å². The first-order valence-corrected chi connectivity index (χ1v) is 9.43. The highest BCUT2D eigenvalue weighted by molar-refractivity contribution is 6.36. The second kappa shape index (κ2) is 6.54. The lowest BCUT2D eigenvalue weighted by Crippen LogP contribution is -2.20. The average Bonchev–Trinajstić information content (AvgIpc) is 3.20. The van der Waals surface area contributed by atoms with Gasteiger partial charge in [0.25, 0.3) is 5.91 Å². The SMILES string of the molecule is CN1C(=O)/C(=C\c2cn(Cc3ccccc3)c3ccccc23)c2ccccc21. The molecule has 0 aliphatic carbocycles. The van der Waals surface area contributed by atoms with E-state index in [2.05, 4.69) is 53.2 Å². The third kappa shape index (κ3) is 2.64. The molecule has 4 aromatic rings. The van der Waals surface area contributed by atoms with Crippen molar-refractivity contribution >= 4 is 34.1 Å². The molecule has 0 saturated heterocycles. The number of carbonyl (C=O) groups excluding carboxylic acids is 1. The fourth-order valence-corrected chi connectivity index (χ4v) is 4.00. The number of nitrogens with zero attached hydrogens (tertiary/aromatic N) is 2. The first kappa shape index (κ1) is 16.6. The second-order valence-corrected chi connectivity index (χ2v) is 7.15. The third-order valence-corrected chi connectivity index (χ3v) is 5.41. The monoisotopic (exact) mass is 364 g/mol. The number of aromatic nitrogens is 1. The minimum absolute atomic E-state index is 0.0427. The van der Waals surface area contributed by atoms with Gasteiger partial charge in [-0.05, 0) is 23.8 Å². The van der Waals surface area contributed by atoms with E-state index in [1.807, 2.05) is 49.5 Å². The van der Waals surface area contributed by atoms with Crippen LogP contribution >= 0.6 is 0 Å². The maximum atomic E-state index is 12.9. The summed E-state index contributed by atoms with van der Waals surface area (Å²) in [6.07, 6.45) is 4.19. The van der Waals surface area contributed by atoms with Crippen LogP contribution in [0.2, 0.25) is 0 Å². The molecule has 0 fully saturated rings. The van der Waals surface area contributed by atoms with Gasteiger partial charge in [-0.25, -0.2) is 0 Å². The van der Waals surface area contributed by atoms with Crippen molar-refractivity contribution in [2.75, 3.05) is 11.9 Å². The number of rotatable bonds is 3. The van der Waals surface area contributed by atoms with Gasteiger partial charge in [0.15, 0.2) is 0 Å². The molecule has 0 atom stereocenters. The predicted molar refractivity (Wildman–Crippen MR) is 115 cm³/mol. The Balaban J connectivity index is 1.64. The zero-order chi connectivity index (χ0) is 19.1. The summed E-state index contributed by atoms with van der Waals surface area (Å²) in [4.78, 5) is 14.6. The number of anilines is 1. The third-order valence-electron chi connectivity index (χ3n) is 5.41. The summed E-state index contributed by atoms with van der Waals surface area (Å²) in [7, 11) is 1.83. The normalized spacial score (nSPS) is 14.8. The van der Waals surface area contributed by atoms with Crippen LogP contribution in [-0.2, 0) is 11.3 Å². The highest BCUT2D eigenvalue weighted by Crippen LogP contribution is 2.37. The molecule has 1 aromatic heterocycles. The summed E-state index contributed by atoms with van der Waals surface area (Å²) >= 11 is 0. The first-order chi connectivity index (χ1) is 13.7. The smallest absolute Gasteiger partial charge is 0.258 e. The molecule has 28 heavy (non-hydrogen) atoms. The van der Waals surface area contributed by atoms with E-state index in [9.17, 15) is 4.79 Å². The van der Waals surface area contributed by atoms with Gasteiger partial charge in [0.05, 0.1) is 5.69 Å². The fourth-order valence-electron chi connectivity index (χ4n) is 4.00. The number of benzene rings is 3. The first-order valence-electron chi connectivity index (χ1n) is 9.43. The molecule has 0 unspecified atom stereocenters. The van der Waals surface area contributed by atoms with Gasteiger partial charge < -0.3 is 9.47 Å². The Hall–Kier alpha value is -3.59. The van der Waals surface area contributed by atoms with Crippen LogP contribution in [0.5, 0.6) is 0 Å². The van der Waals surface area contributed by atoms with Crippen LogP contribution in [0.1, 0.15) is 16.7 Å². The molecule has 1 aliphatic heterocycles. The lowest BCUT2D eigenvalue weighted by atomic mass is 10.0. The molecule has 0 bridgehead atoms. The van der Waals surface area contributed by atoms with E-state index in [0.717, 1.165) is 34.3 Å². The molecule has 1 amide bonds. The van der Waals surface area contributed by atoms with Crippen LogP contribution in [0.15, 0.2) is 85.1 Å². The fraction of sp³-hybridized carbons (Fsp3) is 0.0800. The Kier molecular flexibility index (Phi) is 3.87. The predicted octanol–water partition coefficient (Wildman–Crippen LogP) is 5.21. The van der Waals surface area contributed by atoms with Crippen LogP contribution in [-0.4, -0.2) is 17.5 Å². The van der Waals surface area contributed by atoms with Crippen molar-refractivity contribution in [2.24, 2.45) is 0 Å². The molecule has 1 aliphatic rings. The van der Waals surface area contributed by atoms with Crippen molar-refractivity contribution in [2.45, 2.75) is 6.54 Å². The summed E-state index contributed by atoms with van der Waals surface area (Å²) in [5, 5.41) is 1.16. The summed E-state index contributed by atoms with van der Waals surface area (Å²) in [5.74, 6) is 0.0427. The molecule has 0 N–H and O–H groups in total. The van der Waals surface area contributed by atoms with Crippen molar-refractivity contribution < 1.29 is 4.79 Å². The van der Waals surface area contributed by atoms with Crippen molar-refractivity contribution in [3.63, 3.8) is 0 Å². The highest BCUT2D eigenvalue weighted by Gasteiger charge is 2.29. The Bertz CT molecular complexity index is 1220. The maximum Gasteiger partial charge on any atom is 0.258 e. The van der Waals surface area contributed by atoms with E-state index in [4.69, 9.17) is 0 Å². The van der Waals surface area contributed by atoms with Crippen molar-refractivity contribution in [1.29, 1.82) is 0 Å². The largest absolute Gasteiger partial charge is 0.342 e. The molecule has 136 valence electrons. The van der Waals surface area contributed by atoms with Crippen molar-refractivity contribution in [3.8, 4) is 0 Å². The lowest BCUT2D eigenvalue weighted by Gasteiger charge is -2.07. The number of fused-ring (bicyclic) bond motifs is 2. The molecule has 3 nitrogen and oxygen atoms in total. The summed E-state index contributed by atoms with van der Waals surface area (Å²) in [5.41, 5.74) is 6.21. The molecule has 0 saturated carbocycles. The van der Waals surface area contributed by atoms with E-state index in [-0.39, 0.29) is 5.91 Å². The number of amides is 1. The minimum atomic E-state index is 0.0427. The van der Waals surface area contributed by atoms with Gasteiger partial charge in [0.2, 0.25) is 0 Å². The average molecular weight is 364 g/mol. The van der Waals surface area contributed by atoms with Gasteiger partial charge in [0.1, 0.15) is 0 Å². The number of para-hydroxylation sites is 2. The molecule has 0 radical (unpaired) electrons. The number of likely N-dealkylation sites (N-methyl/N-ethyl adjacent to an activating group) is 1. The lowest BCUT2D eigenvalue weighted by molar-refractivity contribution is -0.112. The van der Waals surface area contributed by atoms with Gasteiger partial charge in [-0.2, -0.15) is 0 Å². The maximum absolute atomic E-state index is 12.9. The van der Waals surface area contributed by atoms with Crippen LogP contribution in [0.4, 0.5) is 5.69 Å². The summed E-state index contributed by atoms with van der Waals surface area (Å²) in [6.45, 7) is 0.801. The number of hydrogen-bond donors (Lipinski definition) is 0. The van der Waals surface area contributed by atoms with Crippen molar-refractivity contribution in [3.05, 3.63) is 102 Å². The molecular weight excluding hydrogens is 344 g/mol. The van der Waals surface area contributed by atoms with E-state index in [1.54, 1.807) is 4.90 Å². The van der Waals surface area contributed by atoms with E-state index >= 15 is 0 Å². The Morgan fingerprint density at radius 1 is 0.857 bits per heavy atom. The molecule has 5 rings (SSSR count). The Labute approximate surface area is 164 Å². The number of hydrogen-bond acceptors (Lipinski definition) is 1. The Morgan fingerprint density at radius 2 is 1.57 bits per heavy atom. The minimum Gasteiger partial charge on any atom is -0.342 e. The molecule has 0 spiro atoms. The van der Waals surface area contributed by atoms with Gasteiger partial charge in [-0.15, -0.1) is 0 Å². The van der Waals surface area contributed by atoms with Crippen molar-refractivity contribution in [1.82, 2.24) is 4.57 Å². The highest BCUT2D eigenvalue weighted by atomic mass is 16.2. The molecular formula is C25H20N2O. The van der Waals surface area contributed by atoms with E-state index < -0.39 is 0 Å². The van der Waals surface area contributed by atoms with Crippen LogP contribution in [0, 0.1) is 0 Å². The zero-order valence-corrected chi connectivity index (χ0v) is 15.7. The summed E-state index contributed by atoms with van der Waals surface area (Å²) in [6, 6.07) is 26.8. The summed E-state index contributed by atoms with van der Waals surface area (Å²) < 4.78 is 2.26. The van der Waals surface area contributed by atoms with Gasteiger partial charge in [0, 0.05) is 47.4 Å². The van der Waals surface area contributed by atoms with E-state index in [1.165, 1.54) is 11.1 Å².